The van der Waals surface area contributed by atoms with Crippen molar-refractivity contribution in [2.75, 3.05) is 13.1 Å². The third-order valence-electron chi connectivity index (χ3n) is 3.09. The summed E-state index contributed by atoms with van der Waals surface area (Å²) in [5, 5.41) is 0.622. The van der Waals surface area contributed by atoms with Crippen LogP contribution in [-0.4, -0.2) is 28.9 Å². The van der Waals surface area contributed by atoms with Crippen LogP contribution in [0.4, 0.5) is 0 Å². The Balaban J connectivity index is 2.16. The van der Waals surface area contributed by atoms with E-state index in [1.807, 2.05) is 30.3 Å². The lowest BCUT2D eigenvalue weighted by Gasteiger charge is -2.22. The fourth-order valence-electron chi connectivity index (χ4n) is 2.03. The molecule has 0 aliphatic rings. The first-order chi connectivity index (χ1) is 10.1. The zero-order valence-electron chi connectivity index (χ0n) is 11.5. The van der Waals surface area contributed by atoms with Crippen LogP contribution in [0.3, 0.4) is 0 Å². The summed E-state index contributed by atoms with van der Waals surface area (Å²) in [5.41, 5.74) is 7.00. The Hall–Kier alpha value is -1.49. The molecule has 6 heteroatoms. The fourth-order valence-corrected chi connectivity index (χ4v) is 2.34. The molecule has 21 heavy (non-hydrogen) atoms. The van der Waals surface area contributed by atoms with Crippen LogP contribution >= 0.6 is 23.2 Å². The van der Waals surface area contributed by atoms with Gasteiger partial charge >= 0.3 is 0 Å². The Morgan fingerprint density at radius 2 is 1.95 bits per heavy atom. The van der Waals surface area contributed by atoms with Crippen LogP contribution in [0.1, 0.15) is 22.5 Å². The Kier molecular flexibility index (Phi) is 5.67. The molecule has 0 saturated carbocycles. The number of hydrogen-bond donors (Lipinski definition) is 2. The van der Waals surface area contributed by atoms with Gasteiger partial charge in [0, 0.05) is 13.1 Å². The van der Waals surface area contributed by atoms with Gasteiger partial charge in [0.15, 0.2) is 0 Å². The van der Waals surface area contributed by atoms with Crippen molar-refractivity contribution < 1.29 is 4.79 Å². The number of carbonyl (C=O) groups excluding carboxylic acids is 1. The molecule has 0 radical (unpaired) electrons. The van der Waals surface area contributed by atoms with E-state index in [9.17, 15) is 4.79 Å². The summed E-state index contributed by atoms with van der Waals surface area (Å²) in [5.74, 6) is -0.138. The molecule has 3 N–H and O–H groups in total. The van der Waals surface area contributed by atoms with Gasteiger partial charge in [-0.1, -0.05) is 53.5 Å². The van der Waals surface area contributed by atoms with Gasteiger partial charge in [-0.15, -0.1) is 0 Å². The summed E-state index contributed by atoms with van der Waals surface area (Å²) in [4.78, 5) is 17.1. The van der Waals surface area contributed by atoms with Crippen molar-refractivity contribution in [2.45, 2.75) is 13.0 Å². The van der Waals surface area contributed by atoms with E-state index in [-0.39, 0.29) is 11.1 Å². The highest BCUT2D eigenvalue weighted by molar-refractivity contribution is 6.41. The first kappa shape index (κ1) is 15.9. The summed E-state index contributed by atoms with van der Waals surface area (Å²) in [6.45, 7) is 1.64. The molecule has 1 aromatic carbocycles. The molecule has 112 valence electrons. The van der Waals surface area contributed by atoms with Crippen molar-refractivity contribution in [3.05, 3.63) is 57.8 Å². The number of carbonyl (C=O) groups is 1. The second-order valence-electron chi connectivity index (χ2n) is 4.70. The highest BCUT2D eigenvalue weighted by Gasteiger charge is 2.18. The molecule has 0 atom stereocenters. The van der Waals surface area contributed by atoms with Gasteiger partial charge in [0.2, 0.25) is 0 Å². The van der Waals surface area contributed by atoms with Crippen LogP contribution in [0.2, 0.25) is 10.2 Å². The van der Waals surface area contributed by atoms with Gasteiger partial charge in [0.25, 0.3) is 5.91 Å². The normalized spacial score (nSPS) is 10.6. The van der Waals surface area contributed by atoms with Crippen LogP contribution in [-0.2, 0) is 6.54 Å². The first-order valence-electron chi connectivity index (χ1n) is 6.69. The Morgan fingerprint density at radius 1 is 1.24 bits per heavy atom. The number of hydrogen-bond acceptors (Lipinski definition) is 2. The topological polar surface area (TPSA) is 62.1 Å². The van der Waals surface area contributed by atoms with Crippen LogP contribution in [0.25, 0.3) is 0 Å². The number of benzene rings is 1. The Bertz CT molecular complexity index is 579. The smallest absolute Gasteiger partial charge is 0.270 e. The number of nitrogens with two attached hydrogens (primary N) is 1. The second-order valence-corrected chi connectivity index (χ2v) is 5.48. The molecule has 0 bridgehead atoms. The molecule has 4 nitrogen and oxygen atoms in total. The third kappa shape index (κ3) is 4.24. The predicted molar refractivity (Wildman–Crippen MR) is 85.7 cm³/mol. The number of amides is 1. The lowest BCUT2D eigenvalue weighted by atomic mass is 10.2. The molecule has 0 aliphatic carbocycles. The largest absolute Gasteiger partial charge is 0.340 e. The number of rotatable bonds is 6. The van der Waals surface area contributed by atoms with Crippen molar-refractivity contribution in [3.8, 4) is 0 Å². The molecule has 0 saturated heterocycles. The summed E-state index contributed by atoms with van der Waals surface area (Å²) < 4.78 is 0. The molecule has 0 unspecified atom stereocenters. The first-order valence-corrected chi connectivity index (χ1v) is 7.44. The number of nitrogens with zero attached hydrogens (tertiary/aromatic N) is 1. The van der Waals surface area contributed by atoms with Crippen molar-refractivity contribution in [1.82, 2.24) is 9.88 Å². The number of aromatic amines is 1. The minimum Gasteiger partial charge on any atom is -0.340 e. The van der Waals surface area contributed by atoms with Crippen molar-refractivity contribution >= 4 is 29.1 Å². The Labute approximate surface area is 133 Å². The monoisotopic (exact) mass is 325 g/mol. The van der Waals surface area contributed by atoms with E-state index in [0.717, 1.165) is 12.0 Å². The van der Waals surface area contributed by atoms with Crippen LogP contribution < -0.4 is 5.73 Å². The molecule has 0 spiro atoms. The molecule has 2 aromatic rings. The molecule has 2 rings (SSSR count). The number of halogens is 2. The summed E-state index contributed by atoms with van der Waals surface area (Å²) in [7, 11) is 0. The lowest BCUT2D eigenvalue weighted by molar-refractivity contribution is 0.0737. The molecule has 0 fully saturated rings. The molecule has 1 heterocycles. The number of H-pyrrole nitrogens is 1. The average Bonchev–Trinajstić information content (AvgIpc) is 2.83. The predicted octanol–water partition coefficient (Wildman–Crippen LogP) is 3.31. The molecular formula is C15H17Cl2N3O. The third-order valence-corrected chi connectivity index (χ3v) is 3.78. The van der Waals surface area contributed by atoms with Crippen molar-refractivity contribution in [2.24, 2.45) is 5.73 Å². The van der Waals surface area contributed by atoms with E-state index in [1.165, 1.54) is 0 Å². The second kappa shape index (κ2) is 7.50. The number of aromatic nitrogens is 1. The van der Waals surface area contributed by atoms with Gasteiger partial charge in [-0.3, -0.25) is 4.79 Å². The standard InChI is InChI=1S/C15H17Cl2N3O/c16-12-9-13(19-14(12)17)15(21)20(8-4-7-18)10-11-5-2-1-3-6-11/h1-3,5-6,9,19H,4,7-8,10,18H2. The molecular weight excluding hydrogens is 309 g/mol. The van der Waals surface area contributed by atoms with E-state index >= 15 is 0 Å². The maximum Gasteiger partial charge on any atom is 0.270 e. The van der Waals surface area contributed by atoms with E-state index in [2.05, 4.69) is 4.98 Å². The van der Waals surface area contributed by atoms with Crippen molar-refractivity contribution in [3.63, 3.8) is 0 Å². The van der Waals surface area contributed by atoms with Gasteiger partial charge in [-0.25, -0.2) is 0 Å². The van der Waals surface area contributed by atoms with Gasteiger partial charge < -0.3 is 15.6 Å². The van der Waals surface area contributed by atoms with Crippen LogP contribution in [0.15, 0.2) is 36.4 Å². The summed E-state index contributed by atoms with van der Waals surface area (Å²) >= 11 is 11.8. The van der Waals surface area contributed by atoms with E-state index in [0.29, 0.717) is 30.4 Å². The van der Waals surface area contributed by atoms with Gasteiger partial charge in [0.05, 0.1) is 5.02 Å². The minimum absolute atomic E-state index is 0.138. The zero-order valence-corrected chi connectivity index (χ0v) is 13.0. The minimum atomic E-state index is -0.138. The summed E-state index contributed by atoms with van der Waals surface area (Å²) in [6, 6.07) is 11.4. The lowest BCUT2D eigenvalue weighted by Crippen LogP contribution is -2.32. The van der Waals surface area contributed by atoms with Gasteiger partial charge in [-0.2, -0.15) is 0 Å². The molecule has 0 aliphatic heterocycles. The van der Waals surface area contributed by atoms with E-state index in [4.69, 9.17) is 28.9 Å². The van der Waals surface area contributed by atoms with Gasteiger partial charge in [0.1, 0.15) is 10.8 Å². The maximum absolute atomic E-state index is 12.6. The molecule has 1 amide bonds. The zero-order chi connectivity index (χ0) is 15.2. The highest BCUT2D eigenvalue weighted by Crippen LogP contribution is 2.23. The van der Waals surface area contributed by atoms with Crippen LogP contribution in [0.5, 0.6) is 0 Å². The molecule has 1 aromatic heterocycles. The Morgan fingerprint density at radius 3 is 2.52 bits per heavy atom. The van der Waals surface area contributed by atoms with Gasteiger partial charge in [-0.05, 0) is 24.6 Å². The number of nitrogens with one attached hydrogen (secondary N) is 1. The fraction of sp³-hybridized carbons (Fsp3) is 0.267. The quantitative estimate of drug-likeness (QED) is 0.855. The van der Waals surface area contributed by atoms with Crippen molar-refractivity contribution in [1.29, 1.82) is 0 Å². The summed E-state index contributed by atoms with van der Waals surface area (Å²) in [6.07, 6.45) is 0.737. The SMILES string of the molecule is NCCCN(Cc1ccccc1)C(=O)c1cc(Cl)c(Cl)[nH]1. The van der Waals surface area contributed by atoms with Crippen LogP contribution in [0, 0.1) is 0 Å². The van der Waals surface area contributed by atoms with E-state index < -0.39 is 0 Å². The highest BCUT2D eigenvalue weighted by atomic mass is 35.5. The average molecular weight is 326 g/mol. The maximum atomic E-state index is 12.6. The van der Waals surface area contributed by atoms with E-state index in [1.54, 1.807) is 11.0 Å².